The monoisotopic (exact) mass is 297 g/mol. The largest absolute Gasteiger partial charge is 0.358 e. The van der Waals surface area contributed by atoms with E-state index in [1.165, 1.54) is 4.68 Å². The Morgan fingerprint density at radius 1 is 1.55 bits per heavy atom. The number of nitrogens with zero attached hydrogens (tertiary/aromatic N) is 2. The SMILES string of the molecule is CNC(=O)Cn1cc(NC(=O)CC2CSCCN2)cn1. The molecule has 20 heavy (non-hydrogen) atoms. The van der Waals surface area contributed by atoms with Crippen molar-refractivity contribution in [2.45, 2.75) is 19.0 Å². The van der Waals surface area contributed by atoms with Crippen LogP contribution in [0.15, 0.2) is 12.4 Å². The summed E-state index contributed by atoms with van der Waals surface area (Å²) in [6.07, 6.45) is 3.65. The van der Waals surface area contributed by atoms with E-state index < -0.39 is 0 Å². The molecule has 0 spiro atoms. The van der Waals surface area contributed by atoms with Gasteiger partial charge in [-0.05, 0) is 0 Å². The molecule has 1 atom stereocenters. The quantitative estimate of drug-likeness (QED) is 0.692. The first-order valence-corrected chi connectivity index (χ1v) is 7.67. The number of aromatic nitrogens is 2. The highest BCUT2D eigenvalue weighted by atomic mass is 32.2. The van der Waals surface area contributed by atoms with Crippen molar-refractivity contribution in [2.75, 3.05) is 30.4 Å². The van der Waals surface area contributed by atoms with Crippen LogP contribution in [0.3, 0.4) is 0 Å². The molecule has 3 N–H and O–H groups in total. The summed E-state index contributed by atoms with van der Waals surface area (Å²) in [5, 5.41) is 12.7. The molecule has 0 aromatic carbocycles. The van der Waals surface area contributed by atoms with Crippen molar-refractivity contribution in [1.82, 2.24) is 20.4 Å². The lowest BCUT2D eigenvalue weighted by Crippen LogP contribution is -2.39. The summed E-state index contributed by atoms with van der Waals surface area (Å²) < 4.78 is 1.49. The Balaban J connectivity index is 1.80. The molecule has 1 saturated heterocycles. The van der Waals surface area contributed by atoms with Gasteiger partial charge < -0.3 is 16.0 Å². The Labute approximate surface area is 121 Å². The lowest BCUT2D eigenvalue weighted by molar-refractivity contribution is -0.121. The molecule has 110 valence electrons. The van der Waals surface area contributed by atoms with Crippen LogP contribution >= 0.6 is 11.8 Å². The topological polar surface area (TPSA) is 88.0 Å². The molecule has 1 unspecified atom stereocenters. The normalized spacial score (nSPS) is 18.6. The average molecular weight is 297 g/mol. The molecule has 1 aliphatic heterocycles. The van der Waals surface area contributed by atoms with Crippen LogP contribution in [-0.2, 0) is 16.1 Å². The van der Waals surface area contributed by atoms with Crippen LogP contribution in [0.1, 0.15) is 6.42 Å². The van der Waals surface area contributed by atoms with Crippen LogP contribution in [-0.4, -0.2) is 52.7 Å². The van der Waals surface area contributed by atoms with E-state index in [4.69, 9.17) is 0 Å². The Hall–Kier alpha value is -1.54. The number of rotatable bonds is 5. The second kappa shape index (κ2) is 7.30. The zero-order valence-corrected chi connectivity index (χ0v) is 12.2. The highest BCUT2D eigenvalue weighted by Gasteiger charge is 2.17. The molecule has 0 bridgehead atoms. The number of likely N-dealkylation sites (N-methyl/N-ethyl adjacent to an activating group) is 1. The lowest BCUT2D eigenvalue weighted by atomic mass is 10.2. The van der Waals surface area contributed by atoms with E-state index in [1.54, 1.807) is 19.4 Å². The third-order valence-corrected chi connectivity index (χ3v) is 4.06. The molecule has 7 nitrogen and oxygen atoms in total. The summed E-state index contributed by atoms with van der Waals surface area (Å²) in [4.78, 5) is 23.1. The van der Waals surface area contributed by atoms with Crippen LogP contribution in [0.25, 0.3) is 0 Å². The summed E-state index contributed by atoms with van der Waals surface area (Å²) in [5.41, 5.74) is 0.613. The first-order valence-electron chi connectivity index (χ1n) is 6.51. The van der Waals surface area contributed by atoms with E-state index in [0.29, 0.717) is 12.1 Å². The van der Waals surface area contributed by atoms with E-state index in [1.807, 2.05) is 11.8 Å². The van der Waals surface area contributed by atoms with Gasteiger partial charge in [0.2, 0.25) is 11.8 Å². The number of thioether (sulfide) groups is 1. The molecule has 0 saturated carbocycles. The number of carbonyl (C=O) groups excluding carboxylic acids is 2. The van der Waals surface area contributed by atoms with Crippen molar-refractivity contribution < 1.29 is 9.59 Å². The molecule has 1 aromatic rings. The molecule has 1 aromatic heterocycles. The highest BCUT2D eigenvalue weighted by Crippen LogP contribution is 2.12. The van der Waals surface area contributed by atoms with Crippen LogP contribution in [0, 0.1) is 0 Å². The molecule has 2 rings (SSSR count). The van der Waals surface area contributed by atoms with E-state index >= 15 is 0 Å². The maximum Gasteiger partial charge on any atom is 0.241 e. The summed E-state index contributed by atoms with van der Waals surface area (Å²) in [7, 11) is 1.57. The van der Waals surface area contributed by atoms with Crippen LogP contribution in [0.4, 0.5) is 5.69 Å². The molecule has 1 fully saturated rings. The average Bonchev–Trinajstić information content (AvgIpc) is 2.86. The number of anilines is 1. The fourth-order valence-corrected chi connectivity index (χ4v) is 2.88. The van der Waals surface area contributed by atoms with Crippen molar-refractivity contribution in [2.24, 2.45) is 0 Å². The molecule has 2 amide bonds. The van der Waals surface area contributed by atoms with Crippen molar-refractivity contribution >= 4 is 29.3 Å². The summed E-state index contributed by atoms with van der Waals surface area (Å²) in [5.74, 6) is 1.90. The van der Waals surface area contributed by atoms with Gasteiger partial charge in [0.15, 0.2) is 0 Å². The van der Waals surface area contributed by atoms with Crippen molar-refractivity contribution in [3.8, 4) is 0 Å². The van der Waals surface area contributed by atoms with Gasteiger partial charge in [0.05, 0.1) is 11.9 Å². The Bertz CT molecular complexity index is 470. The zero-order chi connectivity index (χ0) is 14.4. The molecule has 1 aliphatic rings. The van der Waals surface area contributed by atoms with Gasteiger partial charge in [0.1, 0.15) is 6.54 Å². The zero-order valence-electron chi connectivity index (χ0n) is 11.4. The smallest absolute Gasteiger partial charge is 0.241 e. The predicted molar refractivity (Wildman–Crippen MR) is 78.7 cm³/mol. The molecule has 8 heteroatoms. The van der Waals surface area contributed by atoms with Crippen molar-refractivity contribution in [3.05, 3.63) is 12.4 Å². The molecular weight excluding hydrogens is 278 g/mol. The Morgan fingerprint density at radius 3 is 3.10 bits per heavy atom. The highest BCUT2D eigenvalue weighted by molar-refractivity contribution is 7.99. The van der Waals surface area contributed by atoms with Crippen molar-refractivity contribution in [3.63, 3.8) is 0 Å². The van der Waals surface area contributed by atoms with E-state index in [9.17, 15) is 9.59 Å². The van der Waals surface area contributed by atoms with E-state index in [0.717, 1.165) is 18.1 Å². The van der Waals surface area contributed by atoms with E-state index in [-0.39, 0.29) is 24.4 Å². The summed E-state index contributed by atoms with van der Waals surface area (Å²) in [6.45, 7) is 1.10. The standard InChI is InChI=1S/C12H19N5O2S/c1-13-12(19)7-17-6-10(5-15-17)16-11(18)4-9-8-20-3-2-14-9/h5-6,9,14H,2-4,7-8H2,1H3,(H,13,19)(H,16,18). The fraction of sp³-hybridized carbons (Fsp3) is 0.583. The first-order chi connectivity index (χ1) is 9.67. The van der Waals surface area contributed by atoms with Crippen LogP contribution < -0.4 is 16.0 Å². The third kappa shape index (κ3) is 4.53. The molecule has 0 aliphatic carbocycles. The van der Waals surface area contributed by atoms with Crippen LogP contribution in [0.5, 0.6) is 0 Å². The molecular formula is C12H19N5O2S. The Kier molecular flexibility index (Phi) is 5.42. The minimum absolute atomic E-state index is 0.0375. The van der Waals surface area contributed by atoms with Gasteiger partial charge in [-0.25, -0.2) is 0 Å². The fourth-order valence-electron chi connectivity index (χ4n) is 1.93. The van der Waals surface area contributed by atoms with Gasteiger partial charge in [-0.3, -0.25) is 14.3 Å². The number of hydrogen-bond donors (Lipinski definition) is 3. The Morgan fingerprint density at radius 2 is 2.40 bits per heavy atom. The van der Waals surface area contributed by atoms with Crippen molar-refractivity contribution in [1.29, 1.82) is 0 Å². The van der Waals surface area contributed by atoms with Gasteiger partial charge in [0, 0.05) is 43.8 Å². The molecule has 2 heterocycles. The van der Waals surface area contributed by atoms with Crippen LogP contribution in [0.2, 0.25) is 0 Å². The number of hydrogen-bond acceptors (Lipinski definition) is 5. The second-order valence-corrected chi connectivity index (χ2v) is 5.73. The maximum atomic E-state index is 11.9. The third-order valence-electron chi connectivity index (χ3n) is 2.93. The van der Waals surface area contributed by atoms with Gasteiger partial charge in [-0.2, -0.15) is 16.9 Å². The maximum absolute atomic E-state index is 11.9. The summed E-state index contributed by atoms with van der Waals surface area (Å²) >= 11 is 1.86. The summed E-state index contributed by atoms with van der Waals surface area (Å²) in [6, 6.07) is 0.231. The number of carbonyl (C=O) groups is 2. The minimum Gasteiger partial charge on any atom is -0.358 e. The second-order valence-electron chi connectivity index (χ2n) is 4.58. The number of amides is 2. The van der Waals surface area contributed by atoms with Gasteiger partial charge in [-0.1, -0.05) is 0 Å². The predicted octanol–water partition coefficient (Wildman–Crippen LogP) is -0.337. The molecule has 0 radical (unpaired) electrons. The van der Waals surface area contributed by atoms with Gasteiger partial charge in [0.25, 0.3) is 0 Å². The van der Waals surface area contributed by atoms with E-state index in [2.05, 4.69) is 21.0 Å². The van der Waals surface area contributed by atoms with Gasteiger partial charge in [-0.15, -0.1) is 0 Å². The lowest BCUT2D eigenvalue weighted by Gasteiger charge is -2.22. The minimum atomic E-state index is -0.130. The first kappa shape index (κ1) is 14.9. The van der Waals surface area contributed by atoms with Gasteiger partial charge >= 0.3 is 0 Å². The number of nitrogens with one attached hydrogen (secondary N) is 3.